The van der Waals surface area contributed by atoms with Crippen LogP contribution in [0.2, 0.25) is 0 Å². The molecule has 1 heterocycles. The topological polar surface area (TPSA) is 96.3 Å². The number of nitrogens with zero attached hydrogens (tertiary/aromatic N) is 3. The molecule has 1 fully saturated rings. The third-order valence-electron chi connectivity index (χ3n) is 3.47. The Kier molecular flexibility index (Phi) is 6.08. The number of nitrogens with one attached hydrogen (secondary N) is 2. The average molecular weight is 339 g/mol. The number of hydrogen-bond acceptors (Lipinski definition) is 7. The van der Waals surface area contributed by atoms with Gasteiger partial charge in [-0.15, -0.1) is 10.2 Å². The summed E-state index contributed by atoms with van der Waals surface area (Å²) in [4.78, 5) is 25.9. The molecule has 0 radical (unpaired) electrons. The molecule has 1 aliphatic rings. The smallest absolute Gasteiger partial charge is 0.213 e. The summed E-state index contributed by atoms with van der Waals surface area (Å²) in [6.07, 6.45) is 4.19. The quantitative estimate of drug-likeness (QED) is 0.469. The number of amidine groups is 1. The highest BCUT2D eigenvalue weighted by atomic mass is 32.2. The Morgan fingerprint density at radius 1 is 1.41 bits per heavy atom. The number of amides is 2. The Morgan fingerprint density at radius 3 is 2.91 bits per heavy atom. The fraction of sp³-hybridized carbons (Fsp3) is 0.462. The molecule has 1 aliphatic carbocycles. The van der Waals surface area contributed by atoms with Gasteiger partial charge in [-0.2, -0.15) is 0 Å². The van der Waals surface area contributed by atoms with Crippen LogP contribution in [0.1, 0.15) is 30.2 Å². The summed E-state index contributed by atoms with van der Waals surface area (Å²) in [5.74, 6) is 0.690. The minimum atomic E-state index is 0.336. The summed E-state index contributed by atoms with van der Waals surface area (Å²) in [7, 11) is 1.63. The van der Waals surface area contributed by atoms with Crippen LogP contribution >= 0.6 is 23.1 Å². The molecule has 2 rings (SSSR count). The number of allylic oxidation sites excluding steroid dienone is 1. The maximum absolute atomic E-state index is 10.5. The predicted octanol–water partition coefficient (Wildman–Crippen LogP) is 1.97. The molecule has 0 aliphatic heterocycles. The molecule has 22 heavy (non-hydrogen) atoms. The van der Waals surface area contributed by atoms with Crippen molar-refractivity contribution in [3.05, 3.63) is 16.5 Å². The van der Waals surface area contributed by atoms with Gasteiger partial charge in [-0.25, -0.2) is 0 Å². The summed E-state index contributed by atoms with van der Waals surface area (Å²) in [5.41, 5.74) is 0. The van der Waals surface area contributed by atoms with Crippen LogP contribution in [0.15, 0.2) is 16.5 Å². The number of thioether (sulfide) groups is 1. The van der Waals surface area contributed by atoms with E-state index in [0.717, 1.165) is 29.2 Å². The number of carbonyl (C=O) groups is 2. The lowest BCUT2D eigenvalue weighted by atomic mass is 10.1. The van der Waals surface area contributed by atoms with E-state index in [4.69, 9.17) is 0 Å². The third kappa shape index (κ3) is 4.14. The van der Waals surface area contributed by atoms with Crippen molar-refractivity contribution in [3.63, 3.8) is 0 Å². The van der Waals surface area contributed by atoms with Gasteiger partial charge in [0.2, 0.25) is 18.0 Å². The molecule has 0 saturated heterocycles. The predicted molar refractivity (Wildman–Crippen MR) is 89.0 cm³/mol. The van der Waals surface area contributed by atoms with E-state index in [1.807, 2.05) is 0 Å². The fourth-order valence-electron chi connectivity index (χ4n) is 2.40. The van der Waals surface area contributed by atoms with E-state index in [1.165, 1.54) is 23.1 Å². The Bertz CT molecular complexity index is 587. The van der Waals surface area contributed by atoms with Crippen molar-refractivity contribution in [2.24, 2.45) is 10.9 Å². The van der Waals surface area contributed by atoms with E-state index in [-0.39, 0.29) is 0 Å². The van der Waals surface area contributed by atoms with Gasteiger partial charge in [0.1, 0.15) is 5.01 Å². The molecule has 118 valence electrons. The minimum Gasteiger partial charge on any atom is -0.308 e. The van der Waals surface area contributed by atoms with Crippen molar-refractivity contribution in [2.45, 2.75) is 25.2 Å². The van der Waals surface area contributed by atoms with Gasteiger partial charge in [-0.3, -0.25) is 14.6 Å². The molecule has 0 bridgehead atoms. The zero-order valence-electron chi connectivity index (χ0n) is 12.1. The van der Waals surface area contributed by atoms with Crippen LogP contribution in [0.3, 0.4) is 0 Å². The number of anilines is 1. The van der Waals surface area contributed by atoms with Crippen molar-refractivity contribution >= 4 is 46.2 Å². The molecule has 2 atom stereocenters. The van der Waals surface area contributed by atoms with E-state index in [0.29, 0.717) is 35.0 Å². The van der Waals surface area contributed by atoms with E-state index in [1.54, 1.807) is 7.05 Å². The second kappa shape index (κ2) is 8.04. The van der Waals surface area contributed by atoms with Gasteiger partial charge in [0, 0.05) is 13.0 Å². The van der Waals surface area contributed by atoms with Gasteiger partial charge in [-0.1, -0.05) is 29.7 Å². The van der Waals surface area contributed by atoms with E-state index >= 15 is 0 Å². The van der Waals surface area contributed by atoms with Crippen molar-refractivity contribution in [2.75, 3.05) is 12.4 Å². The molecule has 0 aromatic carbocycles. The second-order valence-electron chi connectivity index (χ2n) is 4.77. The lowest BCUT2D eigenvalue weighted by Crippen LogP contribution is -2.18. The number of carbonyl (C=O) groups excluding carboxylic acids is 2. The first-order valence-electron chi connectivity index (χ1n) is 6.75. The normalized spacial score (nSPS) is 21.4. The maximum atomic E-state index is 10.5. The summed E-state index contributed by atoms with van der Waals surface area (Å²) >= 11 is 2.81. The van der Waals surface area contributed by atoms with Gasteiger partial charge in [0.15, 0.2) is 5.17 Å². The zero-order chi connectivity index (χ0) is 15.9. The molecular formula is C13H17N5O2S2. The molecular weight excluding hydrogens is 322 g/mol. The van der Waals surface area contributed by atoms with Gasteiger partial charge < -0.3 is 10.6 Å². The Hall–Kier alpha value is -1.74. The third-order valence-corrected chi connectivity index (χ3v) is 5.58. The summed E-state index contributed by atoms with van der Waals surface area (Å²) < 4.78 is 0. The van der Waals surface area contributed by atoms with Gasteiger partial charge in [-0.05, 0) is 30.1 Å². The molecule has 2 N–H and O–H groups in total. The SMILES string of the molecule is C=C(SC(=NC)NC=O)[C@H]1CC[C@H](c2nnc(NC=O)s2)C1. The van der Waals surface area contributed by atoms with Crippen LogP contribution in [0, 0.1) is 5.92 Å². The number of aliphatic imine (C=N–C) groups is 1. The van der Waals surface area contributed by atoms with Crippen LogP contribution in [0.4, 0.5) is 5.13 Å². The van der Waals surface area contributed by atoms with Crippen molar-refractivity contribution in [1.29, 1.82) is 0 Å². The number of rotatable bonds is 6. The minimum absolute atomic E-state index is 0.336. The number of hydrogen-bond donors (Lipinski definition) is 2. The maximum Gasteiger partial charge on any atom is 0.213 e. The van der Waals surface area contributed by atoms with Crippen LogP contribution in [0.5, 0.6) is 0 Å². The zero-order valence-corrected chi connectivity index (χ0v) is 13.7. The molecule has 7 nitrogen and oxygen atoms in total. The first kappa shape index (κ1) is 16.6. The summed E-state index contributed by atoms with van der Waals surface area (Å²) in [5, 5.41) is 15.2. The fourth-order valence-corrected chi connectivity index (χ4v) is 4.08. The lowest BCUT2D eigenvalue weighted by Gasteiger charge is -2.13. The molecule has 9 heteroatoms. The van der Waals surface area contributed by atoms with Crippen LogP contribution in [0.25, 0.3) is 0 Å². The Balaban J connectivity index is 1.92. The molecule has 1 aromatic heterocycles. The molecule has 0 unspecified atom stereocenters. The first-order valence-corrected chi connectivity index (χ1v) is 8.38. The molecule has 2 amide bonds. The van der Waals surface area contributed by atoms with E-state index in [2.05, 4.69) is 32.4 Å². The monoisotopic (exact) mass is 339 g/mol. The number of aromatic nitrogens is 2. The van der Waals surface area contributed by atoms with Crippen LogP contribution in [-0.4, -0.2) is 35.2 Å². The van der Waals surface area contributed by atoms with Crippen molar-refractivity contribution < 1.29 is 9.59 Å². The highest BCUT2D eigenvalue weighted by Gasteiger charge is 2.30. The van der Waals surface area contributed by atoms with Crippen molar-refractivity contribution in [3.8, 4) is 0 Å². The highest BCUT2D eigenvalue weighted by Crippen LogP contribution is 2.45. The average Bonchev–Trinajstić information content (AvgIpc) is 3.15. The lowest BCUT2D eigenvalue weighted by molar-refractivity contribution is -0.108. The first-order chi connectivity index (χ1) is 10.7. The largest absolute Gasteiger partial charge is 0.308 e. The van der Waals surface area contributed by atoms with E-state index < -0.39 is 0 Å². The second-order valence-corrected chi connectivity index (χ2v) is 6.90. The molecule has 1 aromatic rings. The van der Waals surface area contributed by atoms with Gasteiger partial charge in [0.05, 0.1) is 0 Å². The molecule has 1 saturated carbocycles. The molecule has 0 spiro atoms. The highest BCUT2D eigenvalue weighted by molar-refractivity contribution is 8.17. The Morgan fingerprint density at radius 2 is 2.23 bits per heavy atom. The van der Waals surface area contributed by atoms with Crippen LogP contribution < -0.4 is 10.6 Å². The standard InChI is InChI=1S/C13H17N5O2S2/c1-8(21-12(14-2)15-6-19)9-3-4-10(5-9)11-17-18-13(22-11)16-7-20/h6-7,9-10H,1,3-5H2,2H3,(H,14,15,19)(H,16,18,20)/t9-,10-/m0/s1. The summed E-state index contributed by atoms with van der Waals surface area (Å²) in [6.45, 7) is 4.10. The van der Waals surface area contributed by atoms with Crippen LogP contribution in [-0.2, 0) is 9.59 Å². The van der Waals surface area contributed by atoms with E-state index in [9.17, 15) is 9.59 Å². The Labute approximate surface area is 136 Å². The van der Waals surface area contributed by atoms with Crippen molar-refractivity contribution in [1.82, 2.24) is 15.5 Å². The van der Waals surface area contributed by atoms with Gasteiger partial charge >= 0.3 is 0 Å². The van der Waals surface area contributed by atoms with Gasteiger partial charge in [0.25, 0.3) is 0 Å². The summed E-state index contributed by atoms with van der Waals surface area (Å²) in [6, 6.07) is 0.